The summed E-state index contributed by atoms with van der Waals surface area (Å²) in [4.78, 5) is -0.0106. The van der Waals surface area contributed by atoms with E-state index in [-0.39, 0.29) is 28.4 Å². The fourth-order valence-electron chi connectivity index (χ4n) is 1.99. The van der Waals surface area contributed by atoms with Crippen LogP contribution in [0.25, 0.3) is 0 Å². The van der Waals surface area contributed by atoms with E-state index in [9.17, 15) is 21.2 Å². The van der Waals surface area contributed by atoms with Gasteiger partial charge in [0.05, 0.1) is 21.7 Å². The Balaban J connectivity index is 2.40. The van der Waals surface area contributed by atoms with Crippen molar-refractivity contribution in [1.82, 2.24) is 0 Å². The van der Waals surface area contributed by atoms with Gasteiger partial charge in [0.1, 0.15) is 5.82 Å². The summed E-state index contributed by atoms with van der Waals surface area (Å²) in [6, 6.07) is 3.52. The van der Waals surface area contributed by atoms with Gasteiger partial charge in [0.25, 0.3) is 0 Å². The molecule has 4 nitrogen and oxygen atoms in total. The van der Waals surface area contributed by atoms with E-state index in [0.29, 0.717) is 0 Å². The van der Waals surface area contributed by atoms with Gasteiger partial charge >= 0.3 is 0 Å². The molecule has 0 bridgehead atoms. The van der Waals surface area contributed by atoms with Crippen molar-refractivity contribution >= 4 is 19.7 Å². The minimum Gasteiger partial charge on any atom is -0.229 e. The summed E-state index contributed by atoms with van der Waals surface area (Å²) in [6.45, 7) is 1.47. The van der Waals surface area contributed by atoms with Gasteiger partial charge < -0.3 is 0 Å². The average Bonchev–Trinajstić information content (AvgIpc) is 2.63. The van der Waals surface area contributed by atoms with Crippen molar-refractivity contribution in [3.8, 4) is 0 Å². The quantitative estimate of drug-likeness (QED) is 0.765. The van der Waals surface area contributed by atoms with Crippen molar-refractivity contribution in [1.29, 1.82) is 0 Å². The smallest absolute Gasteiger partial charge is 0.182 e. The van der Waals surface area contributed by atoms with Crippen LogP contribution in [0.2, 0.25) is 0 Å². The van der Waals surface area contributed by atoms with Crippen LogP contribution in [0.3, 0.4) is 0 Å². The van der Waals surface area contributed by atoms with Crippen LogP contribution in [-0.2, 0) is 19.7 Å². The summed E-state index contributed by atoms with van der Waals surface area (Å²) < 4.78 is 60.1. The fourth-order valence-corrected chi connectivity index (χ4v) is 6.44. The Morgan fingerprint density at radius 3 is 2.50 bits per heavy atom. The molecule has 0 unspecified atom stereocenters. The normalized spacial score (nSPS) is 23.1. The Hall–Kier alpha value is -0.950. The van der Waals surface area contributed by atoms with Crippen molar-refractivity contribution < 1.29 is 21.2 Å². The van der Waals surface area contributed by atoms with E-state index in [0.717, 1.165) is 6.07 Å². The molecule has 2 rings (SSSR count). The number of sulfone groups is 2. The lowest BCUT2D eigenvalue weighted by atomic mass is 10.2. The molecule has 0 aromatic heterocycles. The molecule has 18 heavy (non-hydrogen) atoms. The van der Waals surface area contributed by atoms with Crippen molar-refractivity contribution in [3.63, 3.8) is 0 Å². The first-order valence-corrected chi connectivity index (χ1v) is 8.80. The molecule has 0 saturated carbocycles. The molecule has 0 amide bonds. The molecular weight excluding hydrogens is 279 g/mol. The molecule has 1 aromatic carbocycles. The predicted molar refractivity (Wildman–Crippen MR) is 65.4 cm³/mol. The van der Waals surface area contributed by atoms with Gasteiger partial charge in [0.15, 0.2) is 19.7 Å². The second-order valence-electron chi connectivity index (χ2n) is 4.48. The minimum atomic E-state index is -3.69. The van der Waals surface area contributed by atoms with Crippen LogP contribution in [0.1, 0.15) is 12.0 Å². The monoisotopic (exact) mass is 292 g/mol. The Labute approximate surface area is 106 Å². The Bertz CT molecular complexity index is 677. The number of rotatable bonds is 2. The largest absolute Gasteiger partial charge is 0.229 e. The summed E-state index contributed by atoms with van der Waals surface area (Å²) >= 11 is 0. The molecule has 1 aromatic rings. The van der Waals surface area contributed by atoms with Crippen molar-refractivity contribution in [2.45, 2.75) is 23.5 Å². The van der Waals surface area contributed by atoms with Gasteiger partial charge in [-0.05, 0) is 37.1 Å². The molecule has 1 atom stereocenters. The predicted octanol–water partition coefficient (Wildman–Crippen LogP) is 1.09. The van der Waals surface area contributed by atoms with E-state index in [2.05, 4.69) is 0 Å². The van der Waals surface area contributed by atoms with Crippen molar-refractivity contribution in [3.05, 3.63) is 29.6 Å². The van der Waals surface area contributed by atoms with Crippen LogP contribution in [-0.4, -0.2) is 33.6 Å². The van der Waals surface area contributed by atoms with Crippen LogP contribution in [0, 0.1) is 12.7 Å². The van der Waals surface area contributed by atoms with E-state index in [4.69, 9.17) is 0 Å². The van der Waals surface area contributed by atoms with Crippen LogP contribution in [0.4, 0.5) is 4.39 Å². The zero-order valence-corrected chi connectivity index (χ0v) is 11.4. The highest BCUT2D eigenvalue weighted by molar-refractivity contribution is 7.96. The third kappa shape index (κ3) is 2.42. The summed E-state index contributed by atoms with van der Waals surface area (Å²) in [5.74, 6) is -0.920. The third-order valence-electron chi connectivity index (χ3n) is 3.09. The Morgan fingerprint density at radius 1 is 1.33 bits per heavy atom. The number of benzene rings is 1. The minimum absolute atomic E-state index is 0.0106. The summed E-state index contributed by atoms with van der Waals surface area (Å²) in [5.41, 5.74) is 0.233. The first-order chi connectivity index (χ1) is 8.22. The third-order valence-corrected chi connectivity index (χ3v) is 7.26. The first kappa shape index (κ1) is 13.5. The Morgan fingerprint density at radius 2 is 2.00 bits per heavy atom. The number of halogens is 1. The van der Waals surface area contributed by atoms with E-state index in [1.807, 2.05) is 0 Å². The molecule has 100 valence electrons. The van der Waals surface area contributed by atoms with E-state index in [1.54, 1.807) is 0 Å². The van der Waals surface area contributed by atoms with Gasteiger partial charge in [-0.25, -0.2) is 21.2 Å². The number of hydrogen-bond donors (Lipinski definition) is 0. The van der Waals surface area contributed by atoms with Gasteiger partial charge in [-0.3, -0.25) is 0 Å². The maximum absolute atomic E-state index is 13.1. The van der Waals surface area contributed by atoms with Crippen LogP contribution in [0.5, 0.6) is 0 Å². The maximum atomic E-state index is 13.1. The molecular formula is C11H13FO4S2. The molecule has 0 N–H and O–H groups in total. The highest BCUT2D eigenvalue weighted by Crippen LogP contribution is 2.26. The summed E-state index contributed by atoms with van der Waals surface area (Å²) in [5, 5.41) is -0.910. The lowest BCUT2D eigenvalue weighted by Crippen LogP contribution is -2.22. The molecule has 1 aliphatic heterocycles. The Kier molecular flexibility index (Phi) is 3.23. The summed E-state index contributed by atoms with van der Waals surface area (Å²) in [6.07, 6.45) is 0.112. The van der Waals surface area contributed by atoms with Gasteiger partial charge in [0, 0.05) is 0 Å². The van der Waals surface area contributed by atoms with Crippen LogP contribution >= 0.6 is 0 Å². The zero-order valence-electron chi connectivity index (χ0n) is 9.76. The fraction of sp³-hybridized carbons (Fsp3) is 0.455. The van der Waals surface area contributed by atoms with Gasteiger partial charge in [-0.2, -0.15) is 0 Å². The SMILES string of the molecule is Cc1cc(S(=O)(=O)[C@H]2CCS(=O)(=O)C2)ccc1F. The molecule has 1 aliphatic rings. The van der Waals surface area contributed by atoms with E-state index in [1.165, 1.54) is 19.1 Å². The second-order valence-corrected chi connectivity index (χ2v) is 8.94. The van der Waals surface area contributed by atoms with Crippen molar-refractivity contribution in [2.24, 2.45) is 0 Å². The van der Waals surface area contributed by atoms with E-state index < -0.39 is 30.7 Å². The van der Waals surface area contributed by atoms with Gasteiger partial charge in [-0.1, -0.05) is 0 Å². The maximum Gasteiger partial charge on any atom is 0.182 e. The molecule has 1 fully saturated rings. The highest BCUT2D eigenvalue weighted by atomic mass is 32.2. The van der Waals surface area contributed by atoms with Gasteiger partial charge in [0.2, 0.25) is 0 Å². The van der Waals surface area contributed by atoms with E-state index >= 15 is 0 Å². The molecule has 0 spiro atoms. The molecule has 7 heteroatoms. The molecule has 0 aliphatic carbocycles. The number of aryl methyl sites for hydroxylation is 1. The van der Waals surface area contributed by atoms with Crippen LogP contribution < -0.4 is 0 Å². The van der Waals surface area contributed by atoms with Gasteiger partial charge in [-0.15, -0.1) is 0 Å². The molecule has 0 radical (unpaired) electrons. The highest BCUT2D eigenvalue weighted by Gasteiger charge is 2.38. The number of hydrogen-bond acceptors (Lipinski definition) is 4. The molecule has 1 heterocycles. The van der Waals surface area contributed by atoms with Crippen molar-refractivity contribution in [2.75, 3.05) is 11.5 Å². The standard InChI is InChI=1S/C11H13FO4S2/c1-8-6-9(2-3-11(8)12)18(15,16)10-4-5-17(13,14)7-10/h2-3,6,10H,4-5,7H2,1H3/t10-/m0/s1. The lowest BCUT2D eigenvalue weighted by Gasteiger charge is -2.10. The second kappa shape index (κ2) is 4.31. The van der Waals surface area contributed by atoms with Crippen LogP contribution in [0.15, 0.2) is 23.1 Å². The lowest BCUT2D eigenvalue weighted by molar-refractivity contribution is 0.580. The topological polar surface area (TPSA) is 68.3 Å². The summed E-state index contributed by atoms with van der Waals surface area (Å²) in [7, 11) is -6.95. The first-order valence-electron chi connectivity index (χ1n) is 5.43. The molecule has 1 saturated heterocycles. The zero-order chi connectivity index (χ0) is 13.6. The average molecular weight is 292 g/mol.